The number of hydrogen-bond donors (Lipinski definition) is 2. The zero-order valence-electron chi connectivity index (χ0n) is 8.19. The predicted molar refractivity (Wildman–Crippen MR) is 51.5 cm³/mol. The second-order valence-electron chi connectivity index (χ2n) is 3.62. The summed E-state index contributed by atoms with van der Waals surface area (Å²) in [4.78, 5) is 11.2. The number of carbonyl (C=O) groups is 1. The second-order valence-corrected chi connectivity index (χ2v) is 3.62. The molecule has 0 unspecified atom stereocenters. The van der Waals surface area contributed by atoms with Crippen molar-refractivity contribution in [2.45, 2.75) is 18.9 Å². The van der Waals surface area contributed by atoms with Crippen LogP contribution in [0.15, 0.2) is 12.1 Å². The Hall–Kier alpha value is -1.72. The summed E-state index contributed by atoms with van der Waals surface area (Å²) in [5, 5.41) is 4.50. The first-order valence-corrected chi connectivity index (χ1v) is 4.78. The summed E-state index contributed by atoms with van der Waals surface area (Å²) in [7, 11) is 0. The van der Waals surface area contributed by atoms with Crippen molar-refractivity contribution in [1.82, 2.24) is 5.32 Å². The van der Waals surface area contributed by atoms with Crippen LogP contribution in [0.4, 0.5) is 23.7 Å². The van der Waals surface area contributed by atoms with Gasteiger partial charge in [0.1, 0.15) is 11.5 Å². The van der Waals surface area contributed by atoms with Gasteiger partial charge in [0.15, 0.2) is 11.6 Å². The maximum absolute atomic E-state index is 13.1. The van der Waals surface area contributed by atoms with Crippen LogP contribution in [0.2, 0.25) is 0 Å². The second kappa shape index (κ2) is 4.03. The van der Waals surface area contributed by atoms with Gasteiger partial charge in [-0.15, -0.1) is 0 Å². The van der Waals surface area contributed by atoms with Gasteiger partial charge in [-0.3, -0.25) is 0 Å². The molecule has 0 aliphatic heterocycles. The van der Waals surface area contributed by atoms with Crippen molar-refractivity contribution in [1.29, 1.82) is 0 Å². The van der Waals surface area contributed by atoms with E-state index in [1.807, 2.05) is 5.32 Å². The molecule has 0 radical (unpaired) electrons. The molecule has 0 bridgehead atoms. The SMILES string of the molecule is O=C(Nc1c(F)cc(F)cc1F)NC1CC1. The van der Waals surface area contributed by atoms with Crippen molar-refractivity contribution in [3.8, 4) is 0 Å². The Kier molecular flexibility index (Phi) is 2.72. The molecule has 2 amide bonds. The molecule has 1 fully saturated rings. The van der Waals surface area contributed by atoms with Crippen LogP contribution >= 0.6 is 0 Å². The lowest BCUT2D eigenvalue weighted by Crippen LogP contribution is -2.31. The van der Waals surface area contributed by atoms with Gasteiger partial charge in [0.05, 0.1) is 0 Å². The Bertz CT molecular complexity index is 409. The molecule has 1 aromatic rings. The fourth-order valence-electron chi connectivity index (χ4n) is 1.22. The molecule has 0 saturated heterocycles. The largest absolute Gasteiger partial charge is 0.335 e. The first-order chi connectivity index (χ1) is 7.56. The van der Waals surface area contributed by atoms with E-state index < -0.39 is 29.2 Å². The van der Waals surface area contributed by atoms with Gasteiger partial charge in [-0.05, 0) is 12.8 Å². The zero-order chi connectivity index (χ0) is 11.7. The Balaban J connectivity index is 2.10. The average Bonchev–Trinajstić information content (AvgIpc) is 2.95. The lowest BCUT2D eigenvalue weighted by molar-refractivity contribution is 0.251. The molecule has 16 heavy (non-hydrogen) atoms. The summed E-state index contributed by atoms with van der Waals surface area (Å²) < 4.78 is 38.8. The van der Waals surface area contributed by atoms with Gasteiger partial charge in [-0.25, -0.2) is 18.0 Å². The van der Waals surface area contributed by atoms with E-state index in [1.54, 1.807) is 0 Å². The molecule has 86 valence electrons. The maximum Gasteiger partial charge on any atom is 0.319 e. The number of halogens is 3. The summed E-state index contributed by atoms with van der Waals surface area (Å²) in [5.41, 5.74) is -0.639. The van der Waals surface area contributed by atoms with E-state index in [1.165, 1.54) is 0 Å². The number of amides is 2. The number of urea groups is 1. The summed E-state index contributed by atoms with van der Waals surface area (Å²) in [6, 6.07) is 0.407. The number of benzene rings is 1. The molecular formula is C10H9F3N2O. The molecular weight excluding hydrogens is 221 g/mol. The third kappa shape index (κ3) is 2.44. The van der Waals surface area contributed by atoms with Crippen LogP contribution in [0.25, 0.3) is 0 Å². The monoisotopic (exact) mass is 230 g/mol. The lowest BCUT2D eigenvalue weighted by Gasteiger charge is -2.08. The molecule has 0 heterocycles. The standard InChI is InChI=1S/C10H9F3N2O/c11-5-3-7(12)9(8(13)4-5)15-10(16)14-6-1-2-6/h3-4,6H,1-2H2,(H2,14,15,16). The van der Waals surface area contributed by atoms with Gasteiger partial charge in [0.25, 0.3) is 0 Å². The highest BCUT2D eigenvalue weighted by molar-refractivity contribution is 5.89. The summed E-state index contributed by atoms with van der Waals surface area (Å²) in [5.74, 6) is -3.30. The summed E-state index contributed by atoms with van der Waals surface area (Å²) >= 11 is 0. The van der Waals surface area contributed by atoms with Crippen molar-refractivity contribution < 1.29 is 18.0 Å². The van der Waals surface area contributed by atoms with E-state index in [0.29, 0.717) is 12.1 Å². The molecule has 1 aliphatic rings. The van der Waals surface area contributed by atoms with Gasteiger partial charge in [0.2, 0.25) is 0 Å². The van der Waals surface area contributed by atoms with Crippen LogP contribution in [-0.4, -0.2) is 12.1 Å². The van der Waals surface area contributed by atoms with Gasteiger partial charge in [-0.2, -0.15) is 0 Å². The molecule has 1 aliphatic carbocycles. The van der Waals surface area contributed by atoms with Crippen molar-refractivity contribution in [2.75, 3.05) is 5.32 Å². The topological polar surface area (TPSA) is 41.1 Å². The van der Waals surface area contributed by atoms with Crippen LogP contribution in [0, 0.1) is 17.5 Å². The van der Waals surface area contributed by atoms with E-state index in [0.717, 1.165) is 12.8 Å². The molecule has 0 aromatic heterocycles. The molecule has 3 nitrogen and oxygen atoms in total. The smallest absolute Gasteiger partial charge is 0.319 e. The normalized spacial score (nSPS) is 14.7. The van der Waals surface area contributed by atoms with E-state index in [9.17, 15) is 18.0 Å². The molecule has 0 spiro atoms. The van der Waals surface area contributed by atoms with Crippen molar-refractivity contribution in [3.05, 3.63) is 29.6 Å². The molecule has 2 N–H and O–H groups in total. The van der Waals surface area contributed by atoms with Gasteiger partial charge < -0.3 is 10.6 Å². The lowest BCUT2D eigenvalue weighted by atomic mass is 10.3. The average molecular weight is 230 g/mol. The number of anilines is 1. The number of carbonyl (C=O) groups excluding carboxylic acids is 1. The quantitative estimate of drug-likeness (QED) is 0.804. The zero-order valence-corrected chi connectivity index (χ0v) is 8.19. The van der Waals surface area contributed by atoms with Gasteiger partial charge >= 0.3 is 6.03 Å². The number of rotatable bonds is 2. The Morgan fingerprint density at radius 3 is 2.25 bits per heavy atom. The van der Waals surface area contributed by atoms with Crippen LogP contribution in [0.5, 0.6) is 0 Å². The van der Waals surface area contributed by atoms with Crippen LogP contribution in [0.3, 0.4) is 0 Å². The Labute approximate surface area is 89.6 Å². The molecule has 6 heteroatoms. The highest BCUT2D eigenvalue weighted by Crippen LogP contribution is 2.21. The van der Waals surface area contributed by atoms with Crippen LogP contribution in [0.1, 0.15) is 12.8 Å². The Morgan fingerprint density at radius 2 is 1.75 bits per heavy atom. The third-order valence-corrected chi connectivity index (χ3v) is 2.16. The highest BCUT2D eigenvalue weighted by Gasteiger charge is 2.24. The fraction of sp³-hybridized carbons (Fsp3) is 0.300. The van der Waals surface area contributed by atoms with Crippen molar-refractivity contribution in [2.24, 2.45) is 0 Å². The molecule has 1 saturated carbocycles. The number of hydrogen-bond acceptors (Lipinski definition) is 1. The summed E-state index contributed by atoms with van der Waals surface area (Å²) in [6.07, 6.45) is 1.73. The highest BCUT2D eigenvalue weighted by atomic mass is 19.1. The minimum Gasteiger partial charge on any atom is -0.335 e. The minimum atomic E-state index is -1.14. The third-order valence-electron chi connectivity index (χ3n) is 2.16. The fourth-order valence-corrected chi connectivity index (χ4v) is 1.22. The van der Waals surface area contributed by atoms with E-state index in [2.05, 4.69) is 5.32 Å². The van der Waals surface area contributed by atoms with E-state index in [4.69, 9.17) is 0 Å². The maximum atomic E-state index is 13.1. The van der Waals surface area contributed by atoms with Crippen molar-refractivity contribution in [3.63, 3.8) is 0 Å². The summed E-state index contributed by atoms with van der Waals surface area (Å²) in [6.45, 7) is 0. The number of nitrogens with one attached hydrogen (secondary N) is 2. The minimum absolute atomic E-state index is 0.0755. The first-order valence-electron chi connectivity index (χ1n) is 4.78. The van der Waals surface area contributed by atoms with Crippen LogP contribution < -0.4 is 10.6 Å². The predicted octanol–water partition coefficient (Wildman–Crippen LogP) is 2.39. The first kappa shape index (κ1) is 10.8. The van der Waals surface area contributed by atoms with Gasteiger partial charge in [-0.1, -0.05) is 0 Å². The molecule has 2 rings (SSSR count). The van der Waals surface area contributed by atoms with E-state index >= 15 is 0 Å². The van der Waals surface area contributed by atoms with E-state index in [-0.39, 0.29) is 6.04 Å². The van der Waals surface area contributed by atoms with Crippen molar-refractivity contribution >= 4 is 11.7 Å². The van der Waals surface area contributed by atoms with Gasteiger partial charge in [0, 0.05) is 18.2 Å². The molecule has 1 aromatic carbocycles. The van der Waals surface area contributed by atoms with Crippen LogP contribution in [-0.2, 0) is 0 Å². The Morgan fingerprint density at radius 1 is 1.19 bits per heavy atom. The molecule has 0 atom stereocenters.